The molecular formula is C12H15FN2O3. The number of carbonyl (C=O) groups is 1. The number of nitrogens with one attached hydrogen (secondary N) is 1. The predicted octanol–water partition coefficient (Wildman–Crippen LogP) is 1.84. The molecule has 2 rings (SSSR count). The van der Waals surface area contributed by atoms with Crippen LogP contribution < -0.4 is 10.2 Å². The van der Waals surface area contributed by atoms with E-state index in [9.17, 15) is 9.18 Å². The number of benzene rings is 1. The zero-order valence-corrected chi connectivity index (χ0v) is 10.1. The molecule has 18 heavy (non-hydrogen) atoms. The van der Waals surface area contributed by atoms with Gasteiger partial charge in [-0.05, 0) is 18.2 Å². The van der Waals surface area contributed by atoms with Crippen LogP contribution in [0.15, 0.2) is 18.2 Å². The van der Waals surface area contributed by atoms with Gasteiger partial charge in [-0.1, -0.05) is 0 Å². The number of morpholine rings is 1. The van der Waals surface area contributed by atoms with Crippen molar-refractivity contribution in [1.82, 2.24) is 0 Å². The maximum Gasteiger partial charge on any atom is 0.411 e. The second-order valence-electron chi connectivity index (χ2n) is 3.88. The molecule has 1 saturated heterocycles. The monoisotopic (exact) mass is 254 g/mol. The largest absolute Gasteiger partial charge is 0.453 e. The summed E-state index contributed by atoms with van der Waals surface area (Å²) in [5, 5.41) is 2.35. The second kappa shape index (κ2) is 5.68. The van der Waals surface area contributed by atoms with Crippen LogP contribution >= 0.6 is 0 Å². The Labute approximate surface area is 104 Å². The molecule has 1 aromatic rings. The average Bonchev–Trinajstić information content (AvgIpc) is 2.42. The third kappa shape index (κ3) is 2.89. The highest BCUT2D eigenvalue weighted by atomic mass is 19.1. The molecule has 1 fully saturated rings. The number of methoxy groups -OCH3 is 1. The number of carbonyl (C=O) groups excluding carboxylic acids is 1. The lowest BCUT2D eigenvalue weighted by Crippen LogP contribution is -2.36. The summed E-state index contributed by atoms with van der Waals surface area (Å²) < 4.78 is 23.2. The van der Waals surface area contributed by atoms with Crippen molar-refractivity contribution < 1.29 is 18.7 Å². The predicted molar refractivity (Wildman–Crippen MR) is 65.5 cm³/mol. The van der Waals surface area contributed by atoms with E-state index in [-0.39, 0.29) is 5.69 Å². The molecule has 0 bridgehead atoms. The Bertz CT molecular complexity index is 433. The first-order chi connectivity index (χ1) is 8.70. The van der Waals surface area contributed by atoms with Crippen molar-refractivity contribution in [3.8, 4) is 0 Å². The maximum atomic E-state index is 13.5. The molecule has 6 heteroatoms. The highest BCUT2D eigenvalue weighted by molar-refractivity contribution is 5.85. The van der Waals surface area contributed by atoms with Crippen LogP contribution in [0.3, 0.4) is 0 Å². The summed E-state index contributed by atoms with van der Waals surface area (Å²) in [5.74, 6) is -0.489. The van der Waals surface area contributed by atoms with Crippen molar-refractivity contribution in [2.45, 2.75) is 0 Å². The molecule has 1 amide bonds. The summed E-state index contributed by atoms with van der Waals surface area (Å²) in [6.07, 6.45) is -0.687. The van der Waals surface area contributed by atoms with E-state index in [2.05, 4.69) is 15.0 Å². The van der Waals surface area contributed by atoms with Gasteiger partial charge in [-0.3, -0.25) is 5.32 Å². The van der Waals surface area contributed by atoms with E-state index in [1.165, 1.54) is 13.2 Å². The normalized spacial score (nSPS) is 15.3. The Morgan fingerprint density at radius 3 is 2.83 bits per heavy atom. The Hall–Kier alpha value is -1.82. The van der Waals surface area contributed by atoms with Crippen molar-refractivity contribution >= 4 is 17.5 Å². The van der Waals surface area contributed by atoms with E-state index in [0.717, 1.165) is 18.8 Å². The topological polar surface area (TPSA) is 50.8 Å². The van der Waals surface area contributed by atoms with Crippen molar-refractivity contribution in [2.75, 3.05) is 43.6 Å². The summed E-state index contributed by atoms with van der Waals surface area (Å²) in [6, 6.07) is 4.61. The summed E-state index contributed by atoms with van der Waals surface area (Å²) in [7, 11) is 1.24. The third-order valence-electron chi connectivity index (χ3n) is 2.75. The van der Waals surface area contributed by atoms with E-state index in [1.54, 1.807) is 12.1 Å². The highest BCUT2D eigenvalue weighted by Gasteiger charge is 2.14. The number of halogens is 1. The van der Waals surface area contributed by atoms with E-state index < -0.39 is 11.9 Å². The molecule has 1 N–H and O–H groups in total. The number of nitrogens with zero attached hydrogens (tertiary/aromatic N) is 1. The number of hydrogen-bond acceptors (Lipinski definition) is 4. The lowest BCUT2D eigenvalue weighted by molar-refractivity contribution is 0.122. The first kappa shape index (κ1) is 12.6. The fourth-order valence-electron chi connectivity index (χ4n) is 1.79. The van der Waals surface area contributed by atoms with Crippen LogP contribution in [0.25, 0.3) is 0 Å². The van der Waals surface area contributed by atoms with Gasteiger partial charge >= 0.3 is 6.09 Å². The molecule has 0 aliphatic carbocycles. The molecule has 0 spiro atoms. The van der Waals surface area contributed by atoms with Gasteiger partial charge in [0.15, 0.2) is 0 Å². The zero-order valence-electron chi connectivity index (χ0n) is 10.1. The summed E-state index contributed by atoms with van der Waals surface area (Å²) in [6.45, 7) is 2.81. The van der Waals surface area contributed by atoms with E-state index in [4.69, 9.17) is 4.74 Å². The smallest absolute Gasteiger partial charge is 0.411 e. The summed E-state index contributed by atoms with van der Waals surface area (Å²) in [5.41, 5.74) is 0.969. The van der Waals surface area contributed by atoms with E-state index in [0.29, 0.717) is 13.2 Å². The van der Waals surface area contributed by atoms with Crippen molar-refractivity contribution in [3.05, 3.63) is 24.0 Å². The first-order valence-electron chi connectivity index (χ1n) is 5.68. The molecular weight excluding hydrogens is 239 g/mol. The lowest BCUT2D eigenvalue weighted by Gasteiger charge is -2.29. The van der Waals surface area contributed by atoms with Crippen molar-refractivity contribution in [3.63, 3.8) is 0 Å². The van der Waals surface area contributed by atoms with Gasteiger partial charge in [0.1, 0.15) is 5.82 Å². The van der Waals surface area contributed by atoms with Crippen LogP contribution in [0, 0.1) is 5.82 Å². The van der Waals surface area contributed by atoms with Gasteiger partial charge < -0.3 is 14.4 Å². The molecule has 0 radical (unpaired) electrons. The average molecular weight is 254 g/mol. The summed E-state index contributed by atoms with van der Waals surface area (Å²) in [4.78, 5) is 13.2. The van der Waals surface area contributed by atoms with Gasteiger partial charge in [0.05, 0.1) is 26.0 Å². The minimum absolute atomic E-state index is 0.117. The minimum Gasteiger partial charge on any atom is -0.453 e. The van der Waals surface area contributed by atoms with Gasteiger partial charge in [-0.2, -0.15) is 0 Å². The molecule has 0 atom stereocenters. The van der Waals surface area contributed by atoms with Gasteiger partial charge in [-0.15, -0.1) is 0 Å². The van der Waals surface area contributed by atoms with Crippen LogP contribution in [-0.2, 0) is 9.47 Å². The van der Waals surface area contributed by atoms with Crippen LogP contribution in [0.4, 0.5) is 20.6 Å². The number of anilines is 2. The van der Waals surface area contributed by atoms with Crippen LogP contribution in [-0.4, -0.2) is 39.5 Å². The molecule has 1 aliphatic rings. The molecule has 98 valence electrons. The van der Waals surface area contributed by atoms with Gasteiger partial charge in [0.2, 0.25) is 0 Å². The van der Waals surface area contributed by atoms with Crippen molar-refractivity contribution in [2.24, 2.45) is 0 Å². The Kier molecular flexibility index (Phi) is 3.99. The fraction of sp³-hybridized carbons (Fsp3) is 0.417. The standard InChI is InChI=1S/C12H15FN2O3/c1-17-12(16)14-11-8-9(2-3-10(11)13)15-4-6-18-7-5-15/h2-3,8H,4-7H2,1H3,(H,14,16). The maximum absolute atomic E-state index is 13.5. The van der Waals surface area contributed by atoms with Gasteiger partial charge in [0.25, 0.3) is 0 Å². The molecule has 1 aromatic carbocycles. The number of rotatable bonds is 2. The molecule has 0 aromatic heterocycles. The van der Waals surface area contributed by atoms with Crippen molar-refractivity contribution in [1.29, 1.82) is 0 Å². The molecule has 1 aliphatic heterocycles. The summed E-state index contributed by atoms with van der Waals surface area (Å²) >= 11 is 0. The highest BCUT2D eigenvalue weighted by Crippen LogP contribution is 2.23. The Morgan fingerprint density at radius 1 is 1.44 bits per heavy atom. The molecule has 0 unspecified atom stereocenters. The SMILES string of the molecule is COC(=O)Nc1cc(N2CCOCC2)ccc1F. The molecule has 5 nitrogen and oxygen atoms in total. The van der Waals surface area contributed by atoms with Crippen LogP contribution in [0.5, 0.6) is 0 Å². The fourth-order valence-corrected chi connectivity index (χ4v) is 1.79. The zero-order chi connectivity index (χ0) is 13.0. The van der Waals surface area contributed by atoms with Crippen LogP contribution in [0.1, 0.15) is 0 Å². The number of ether oxygens (including phenoxy) is 2. The van der Waals surface area contributed by atoms with Crippen LogP contribution in [0.2, 0.25) is 0 Å². The van der Waals surface area contributed by atoms with Gasteiger partial charge in [0, 0.05) is 18.8 Å². The number of hydrogen-bond donors (Lipinski definition) is 1. The number of amides is 1. The van der Waals surface area contributed by atoms with Gasteiger partial charge in [-0.25, -0.2) is 9.18 Å². The third-order valence-corrected chi connectivity index (χ3v) is 2.75. The second-order valence-corrected chi connectivity index (χ2v) is 3.88. The van der Waals surface area contributed by atoms with E-state index >= 15 is 0 Å². The minimum atomic E-state index is -0.687. The lowest BCUT2D eigenvalue weighted by atomic mass is 10.2. The Balaban J connectivity index is 2.16. The first-order valence-corrected chi connectivity index (χ1v) is 5.68. The molecule has 0 saturated carbocycles. The van der Waals surface area contributed by atoms with E-state index in [1.807, 2.05) is 0 Å². The molecule has 1 heterocycles. The Morgan fingerprint density at radius 2 is 2.17 bits per heavy atom. The quantitative estimate of drug-likeness (QED) is 0.875.